The zero-order valence-electron chi connectivity index (χ0n) is 19.4. The van der Waals surface area contributed by atoms with Crippen LogP contribution in [0.25, 0.3) is 6.08 Å². The van der Waals surface area contributed by atoms with Crippen molar-refractivity contribution in [2.75, 3.05) is 12.4 Å². The van der Waals surface area contributed by atoms with Crippen molar-refractivity contribution in [3.63, 3.8) is 0 Å². The van der Waals surface area contributed by atoms with Gasteiger partial charge in [-0.15, -0.1) is 0 Å². The zero-order chi connectivity index (χ0) is 24.3. The Kier molecular flexibility index (Phi) is 8.86. The zero-order valence-corrected chi connectivity index (χ0v) is 19.4. The van der Waals surface area contributed by atoms with Crippen molar-refractivity contribution in [3.05, 3.63) is 95.1 Å². The minimum atomic E-state index is -1.10. The summed E-state index contributed by atoms with van der Waals surface area (Å²) >= 11 is 0. The van der Waals surface area contributed by atoms with E-state index in [0.717, 1.165) is 17.5 Å². The van der Waals surface area contributed by atoms with Gasteiger partial charge in [-0.25, -0.2) is 4.79 Å². The number of carboxylic acid groups (broad SMARTS) is 1. The fraction of sp³-hybridized carbons (Fsp3) is 0.214. The lowest BCUT2D eigenvalue weighted by Crippen LogP contribution is -2.11. The number of hydrogen-bond acceptors (Lipinski definition) is 4. The summed E-state index contributed by atoms with van der Waals surface area (Å²) in [7, 11) is 1.56. The SMILES string of the molecule is CCCCc1ccc(COc2ccc(/C=C/C(=O)Nc3ccccc3C(=O)O)cc2OC)cc1. The largest absolute Gasteiger partial charge is 0.493 e. The van der Waals surface area contributed by atoms with Crippen LogP contribution in [0.1, 0.15) is 46.8 Å². The Morgan fingerprint density at radius 2 is 1.71 bits per heavy atom. The van der Waals surface area contributed by atoms with Gasteiger partial charge in [-0.05, 0) is 59.9 Å². The lowest BCUT2D eigenvalue weighted by molar-refractivity contribution is -0.111. The van der Waals surface area contributed by atoms with Crippen molar-refractivity contribution in [1.82, 2.24) is 0 Å². The molecule has 2 N–H and O–H groups in total. The van der Waals surface area contributed by atoms with E-state index in [4.69, 9.17) is 9.47 Å². The van der Waals surface area contributed by atoms with E-state index in [0.29, 0.717) is 18.1 Å². The van der Waals surface area contributed by atoms with Crippen LogP contribution in [0.5, 0.6) is 11.5 Å². The van der Waals surface area contributed by atoms with E-state index < -0.39 is 11.9 Å². The van der Waals surface area contributed by atoms with Crippen molar-refractivity contribution in [2.45, 2.75) is 32.8 Å². The van der Waals surface area contributed by atoms with Crippen LogP contribution in [0.4, 0.5) is 5.69 Å². The Morgan fingerprint density at radius 1 is 0.971 bits per heavy atom. The first-order valence-corrected chi connectivity index (χ1v) is 11.2. The number of anilines is 1. The second-order valence-electron chi connectivity index (χ2n) is 7.79. The molecule has 0 saturated heterocycles. The van der Waals surface area contributed by atoms with Crippen LogP contribution >= 0.6 is 0 Å². The summed E-state index contributed by atoms with van der Waals surface area (Å²) in [5, 5.41) is 11.8. The molecule has 176 valence electrons. The molecule has 34 heavy (non-hydrogen) atoms. The van der Waals surface area contributed by atoms with E-state index in [2.05, 4.69) is 36.5 Å². The normalized spacial score (nSPS) is 10.8. The summed E-state index contributed by atoms with van der Waals surface area (Å²) in [6.45, 7) is 2.61. The maximum atomic E-state index is 12.3. The highest BCUT2D eigenvalue weighted by molar-refractivity contribution is 6.06. The molecule has 1 amide bonds. The van der Waals surface area contributed by atoms with Crippen LogP contribution in [0.2, 0.25) is 0 Å². The van der Waals surface area contributed by atoms with Crippen molar-refractivity contribution in [2.24, 2.45) is 0 Å². The number of ether oxygens (including phenoxy) is 2. The molecule has 0 aliphatic rings. The van der Waals surface area contributed by atoms with Crippen molar-refractivity contribution in [1.29, 1.82) is 0 Å². The maximum absolute atomic E-state index is 12.3. The number of carbonyl (C=O) groups is 2. The molecule has 0 heterocycles. The second kappa shape index (κ2) is 12.3. The standard InChI is InChI=1S/C28H29NO5/c1-3-4-7-20-10-12-22(13-11-20)19-34-25-16-14-21(18-26(25)33-2)15-17-27(30)29-24-9-6-5-8-23(24)28(31)32/h5-6,8-18H,3-4,7,19H2,1-2H3,(H,29,30)(H,31,32)/b17-15+. The third kappa shape index (κ3) is 6.97. The van der Waals surface area contributed by atoms with Crippen LogP contribution in [0.3, 0.4) is 0 Å². The number of carboxylic acids is 1. The fourth-order valence-corrected chi connectivity index (χ4v) is 3.38. The lowest BCUT2D eigenvalue weighted by atomic mass is 10.1. The fourth-order valence-electron chi connectivity index (χ4n) is 3.38. The van der Waals surface area contributed by atoms with Gasteiger partial charge < -0.3 is 19.9 Å². The Balaban J connectivity index is 1.61. The van der Waals surface area contributed by atoms with Gasteiger partial charge in [0.25, 0.3) is 0 Å². The number of unbranched alkanes of at least 4 members (excludes halogenated alkanes) is 1. The first-order chi connectivity index (χ1) is 16.5. The number of nitrogens with one attached hydrogen (secondary N) is 1. The quantitative estimate of drug-likeness (QED) is 0.345. The van der Waals surface area contributed by atoms with Crippen LogP contribution in [-0.4, -0.2) is 24.1 Å². The van der Waals surface area contributed by atoms with Crippen LogP contribution in [0, 0.1) is 0 Å². The number of aromatic carboxylic acids is 1. The molecule has 0 unspecified atom stereocenters. The van der Waals surface area contributed by atoms with Gasteiger partial charge >= 0.3 is 5.97 Å². The second-order valence-corrected chi connectivity index (χ2v) is 7.79. The highest BCUT2D eigenvalue weighted by atomic mass is 16.5. The maximum Gasteiger partial charge on any atom is 0.337 e. The third-order valence-corrected chi connectivity index (χ3v) is 5.27. The lowest BCUT2D eigenvalue weighted by Gasteiger charge is -2.12. The summed E-state index contributed by atoms with van der Waals surface area (Å²) in [5.74, 6) is -0.379. The molecule has 0 radical (unpaired) electrons. The van der Waals surface area contributed by atoms with Crippen molar-refractivity contribution >= 4 is 23.6 Å². The smallest absolute Gasteiger partial charge is 0.337 e. The van der Waals surface area contributed by atoms with Gasteiger partial charge in [0.1, 0.15) is 6.61 Å². The molecular weight excluding hydrogens is 430 g/mol. The molecule has 0 bridgehead atoms. The summed E-state index contributed by atoms with van der Waals surface area (Å²) in [4.78, 5) is 23.6. The monoisotopic (exact) mass is 459 g/mol. The van der Waals surface area contributed by atoms with Crippen LogP contribution in [-0.2, 0) is 17.8 Å². The van der Waals surface area contributed by atoms with E-state index in [1.807, 2.05) is 6.07 Å². The predicted octanol–water partition coefficient (Wildman–Crippen LogP) is 5.97. The molecule has 0 aromatic heterocycles. The molecule has 0 aliphatic carbocycles. The molecule has 3 aromatic carbocycles. The molecule has 0 atom stereocenters. The average Bonchev–Trinajstić information content (AvgIpc) is 2.86. The molecule has 0 fully saturated rings. The number of hydrogen-bond donors (Lipinski definition) is 2. The molecule has 6 nitrogen and oxygen atoms in total. The summed E-state index contributed by atoms with van der Waals surface area (Å²) in [6, 6.07) is 20.1. The molecule has 3 rings (SSSR count). The van der Waals surface area contributed by atoms with E-state index >= 15 is 0 Å². The van der Waals surface area contributed by atoms with Gasteiger partial charge in [-0.3, -0.25) is 4.79 Å². The van der Waals surface area contributed by atoms with Gasteiger partial charge in [-0.2, -0.15) is 0 Å². The Labute approximate surface area is 199 Å². The first kappa shape index (κ1) is 24.6. The Morgan fingerprint density at radius 3 is 2.41 bits per heavy atom. The number of methoxy groups -OCH3 is 1. The van der Waals surface area contributed by atoms with Crippen molar-refractivity contribution in [3.8, 4) is 11.5 Å². The molecule has 3 aromatic rings. The molecular formula is C28H29NO5. The Hall–Kier alpha value is -4.06. The van der Waals surface area contributed by atoms with Gasteiger partial charge in [-0.1, -0.05) is 55.8 Å². The first-order valence-electron chi connectivity index (χ1n) is 11.2. The average molecular weight is 460 g/mol. The number of aryl methyl sites for hydroxylation is 1. The third-order valence-electron chi connectivity index (χ3n) is 5.27. The van der Waals surface area contributed by atoms with Crippen LogP contribution < -0.4 is 14.8 Å². The molecule has 0 aliphatic heterocycles. The predicted molar refractivity (Wildman–Crippen MR) is 133 cm³/mol. The van der Waals surface area contributed by atoms with Crippen molar-refractivity contribution < 1.29 is 24.2 Å². The topological polar surface area (TPSA) is 84.9 Å². The van der Waals surface area contributed by atoms with E-state index in [-0.39, 0.29) is 11.3 Å². The van der Waals surface area contributed by atoms with Crippen LogP contribution in [0.15, 0.2) is 72.8 Å². The summed E-state index contributed by atoms with van der Waals surface area (Å²) in [6.07, 6.45) is 6.42. The van der Waals surface area contributed by atoms with E-state index in [1.54, 1.807) is 43.5 Å². The van der Waals surface area contributed by atoms with Gasteiger partial charge in [0.05, 0.1) is 18.4 Å². The number of carbonyl (C=O) groups excluding carboxylic acids is 1. The van der Waals surface area contributed by atoms with Gasteiger partial charge in [0, 0.05) is 6.08 Å². The minimum Gasteiger partial charge on any atom is -0.493 e. The van der Waals surface area contributed by atoms with Gasteiger partial charge in [0.15, 0.2) is 11.5 Å². The molecule has 0 spiro atoms. The highest BCUT2D eigenvalue weighted by Crippen LogP contribution is 2.29. The number of amides is 1. The highest BCUT2D eigenvalue weighted by Gasteiger charge is 2.10. The molecule has 6 heteroatoms. The Bertz CT molecular complexity index is 1150. The number of para-hydroxylation sites is 1. The summed E-state index contributed by atoms with van der Waals surface area (Å²) in [5.41, 5.74) is 3.41. The van der Waals surface area contributed by atoms with Gasteiger partial charge in [0.2, 0.25) is 5.91 Å². The number of benzene rings is 3. The molecule has 0 saturated carbocycles. The van der Waals surface area contributed by atoms with E-state index in [9.17, 15) is 14.7 Å². The minimum absolute atomic E-state index is 0.0306. The summed E-state index contributed by atoms with van der Waals surface area (Å²) < 4.78 is 11.4. The van der Waals surface area contributed by atoms with E-state index in [1.165, 1.54) is 30.5 Å². The number of rotatable bonds is 11.